The molecule has 192 valence electrons. The summed E-state index contributed by atoms with van der Waals surface area (Å²) in [6.07, 6.45) is 2.17. The smallest absolute Gasteiger partial charge is 0.242 e. The van der Waals surface area contributed by atoms with Gasteiger partial charge in [0, 0.05) is 30.6 Å². The lowest BCUT2D eigenvalue weighted by molar-refractivity contribution is -0.140. The Balaban J connectivity index is 2.14. The Kier molecular flexibility index (Phi) is 10.6. The zero-order valence-corrected chi connectivity index (χ0v) is 22.7. The van der Waals surface area contributed by atoms with Gasteiger partial charge in [-0.2, -0.15) is 0 Å². The van der Waals surface area contributed by atoms with Gasteiger partial charge in [0.05, 0.1) is 11.9 Å². The van der Waals surface area contributed by atoms with E-state index in [2.05, 4.69) is 5.32 Å². The molecule has 0 saturated heterocycles. The Morgan fingerprint density at radius 1 is 1.00 bits per heavy atom. The van der Waals surface area contributed by atoms with Crippen LogP contribution in [0.15, 0.2) is 48.5 Å². The van der Waals surface area contributed by atoms with Gasteiger partial charge in [-0.1, -0.05) is 48.0 Å². The van der Waals surface area contributed by atoms with Crippen molar-refractivity contribution in [3.8, 4) is 0 Å². The number of amides is 2. The van der Waals surface area contributed by atoms with E-state index in [1.807, 2.05) is 44.2 Å². The fraction of sp³-hybridized carbons (Fsp3) is 0.462. The van der Waals surface area contributed by atoms with Crippen LogP contribution in [-0.2, 0) is 26.0 Å². The largest absolute Gasteiger partial charge is 0.352 e. The van der Waals surface area contributed by atoms with Gasteiger partial charge in [-0.15, -0.1) is 0 Å². The molecule has 0 heterocycles. The Labute approximate surface area is 214 Å². The van der Waals surface area contributed by atoms with Gasteiger partial charge in [0.2, 0.25) is 21.8 Å². The van der Waals surface area contributed by atoms with Gasteiger partial charge in [-0.3, -0.25) is 13.9 Å². The lowest BCUT2D eigenvalue weighted by Gasteiger charge is -2.30. The first-order valence-electron chi connectivity index (χ1n) is 11.8. The monoisotopic (exact) mass is 521 g/mol. The molecule has 0 aliphatic heterocycles. The van der Waals surface area contributed by atoms with E-state index in [4.69, 9.17) is 11.6 Å². The number of anilines is 1. The van der Waals surface area contributed by atoms with Crippen LogP contribution in [0.5, 0.6) is 0 Å². The molecule has 2 rings (SSSR count). The molecule has 35 heavy (non-hydrogen) atoms. The van der Waals surface area contributed by atoms with Crippen molar-refractivity contribution in [1.29, 1.82) is 0 Å². The highest BCUT2D eigenvalue weighted by atomic mass is 35.5. The zero-order chi connectivity index (χ0) is 26.2. The van der Waals surface area contributed by atoms with E-state index >= 15 is 0 Å². The van der Waals surface area contributed by atoms with Crippen LogP contribution in [0.4, 0.5) is 5.69 Å². The first-order chi connectivity index (χ1) is 16.4. The second kappa shape index (κ2) is 12.9. The van der Waals surface area contributed by atoms with Gasteiger partial charge < -0.3 is 10.2 Å². The average molecular weight is 522 g/mol. The third-order valence-electron chi connectivity index (χ3n) is 5.74. The fourth-order valence-corrected chi connectivity index (χ4v) is 5.01. The predicted molar refractivity (Wildman–Crippen MR) is 142 cm³/mol. The molecule has 9 heteroatoms. The molecule has 7 nitrogen and oxygen atoms in total. The third-order valence-corrected chi connectivity index (χ3v) is 7.33. The van der Waals surface area contributed by atoms with Crippen molar-refractivity contribution in [2.45, 2.75) is 59.0 Å². The molecule has 0 saturated carbocycles. The Bertz CT molecular complexity index is 1110. The van der Waals surface area contributed by atoms with Gasteiger partial charge in [0.25, 0.3) is 0 Å². The summed E-state index contributed by atoms with van der Waals surface area (Å²) in [6, 6.07) is 14.2. The van der Waals surface area contributed by atoms with E-state index in [1.165, 1.54) is 4.31 Å². The molecule has 1 N–H and O–H groups in total. The number of halogens is 1. The number of sulfonamides is 1. The second-order valence-corrected chi connectivity index (χ2v) is 11.3. The summed E-state index contributed by atoms with van der Waals surface area (Å²) >= 11 is 6.20. The number of nitrogens with one attached hydrogen (secondary N) is 1. The van der Waals surface area contributed by atoms with Crippen LogP contribution in [0, 0.1) is 6.92 Å². The normalized spacial score (nSPS) is 12.3. The minimum atomic E-state index is -3.58. The number of nitrogens with zero attached hydrogens (tertiary/aromatic N) is 2. The summed E-state index contributed by atoms with van der Waals surface area (Å²) < 4.78 is 26.3. The fourth-order valence-electron chi connectivity index (χ4n) is 3.82. The minimum absolute atomic E-state index is 0.0414. The Hall–Kier alpha value is -2.58. The van der Waals surface area contributed by atoms with E-state index in [-0.39, 0.29) is 30.8 Å². The molecular formula is C26H36ClN3O4S. The van der Waals surface area contributed by atoms with Crippen LogP contribution in [0.1, 0.15) is 44.7 Å². The Morgan fingerprint density at radius 3 is 2.26 bits per heavy atom. The summed E-state index contributed by atoms with van der Waals surface area (Å²) in [5.41, 5.74) is 2.23. The number of rotatable bonds is 12. The first-order valence-corrected chi connectivity index (χ1v) is 14.0. The molecule has 1 atom stereocenters. The molecule has 0 radical (unpaired) electrons. The van der Waals surface area contributed by atoms with Crippen LogP contribution in [0.25, 0.3) is 0 Å². The van der Waals surface area contributed by atoms with Crippen molar-refractivity contribution in [2.75, 3.05) is 23.7 Å². The number of benzene rings is 2. The maximum absolute atomic E-state index is 13.2. The summed E-state index contributed by atoms with van der Waals surface area (Å²) in [5, 5.41) is 3.35. The average Bonchev–Trinajstić information content (AvgIpc) is 2.78. The molecule has 0 bridgehead atoms. The van der Waals surface area contributed by atoms with E-state index < -0.39 is 16.1 Å². The predicted octanol–water partition coefficient (Wildman–Crippen LogP) is 4.18. The molecule has 2 aromatic carbocycles. The molecule has 2 aromatic rings. The summed E-state index contributed by atoms with van der Waals surface area (Å²) in [4.78, 5) is 27.5. The van der Waals surface area contributed by atoms with Crippen molar-refractivity contribution < 1.29 is 18.0 Å². The van der Waals surface area contributed by atoms with Crippen molar-refractivity contribution in [3.63, 3.8) is 0 Å². The molecule has 2 amide bonds. The van der Waals surface area contributed by atoms with Crippen LogP contribution < -0.4 is 9.62 Å². The van der Waals surface area contributed by atoms with Gasteiger partial charge in [-0.05, 0) is 63.8 Å². The van der Waals surface area contributed by atoms with Crippen LogP contribution in [0.2, 0.25) is 5.02 Å². The molecule has 0 aliphatic carbocycles. The maximum atomic E-state index is 13.2. The first kappa shape index (κ1) is 28.7. The molecule has 0 spiro atoms. The van der Waals surface area contributed by atoms with Crippen LogP contribution in [-0.4, -0.2) is 56.6 Å². The highest BCUT2D eigenvalue weighted by molar-refractivity contribution is 7.92. The van der Waals surface area contributed by atoms with Gasteiger partial charge in [0.1, 0.15) is 6.04 Å². The summed E-state index contributed by atoms with van der Waals surface area (Å²) in [7, 11) is -3.58. The highest BCUT2D eigenvalue weighted by Gasteiger charge is 2.27. The minimum Gasteiger partial charge on any atom is -0.352 e. The van der Waals surface area contributed by atoms with Crippen LogP contribution in [0.3, 0.4) is 0 Å². The molecule has 0 aliphatic rings. The van der Waals surface area contributed by atoms with Crippen molar-refractivity contribution in [2.24, 2.45) is 0 Å². The lowest BCUT2D eigenvalue weighted by atomic mass is 10.1. The summed E-state index contributed by atoms with van der Waals surface area (Å²) in [5.74, 6) is -0.405. The molecule has 0 fully saturated rings. The SMILES string of the molecule is Cc1c(Cl)cccc1N(CCCC(=O)N(CCc1ccccc1)[C@@H](C)C(=O)NC(C)C)S(C)(=O)=O. The van der Waals surface area contributed by atoms with Crippen molar-refractivity contribution in [1.82, 2.24) is 10.2 Å². The van der Waals surface area contributed by atoms with Crippen molar-refractivity contribution in [3.05, 3.63) is 64.7 Å². The number of carbonyl (C=O) groups is 2. The number of hydrogen-bond donors (Lipinski definition) is 1. The zero-order valence-electron chi connectivity index (χ0n) is 21.1. The lowest BCUT2D eigenvalue weighted by Crippen LogP contribution is -2.50. The molecule has 0 aromatic heterocycles. The van der Waals surface area contributed by atoms with Crippen molar-refractivity contribution >= 4 is 39.1 Å². The van der Waals surface area contributed by atoms with E-state index in [1.54, 1.807) is 36.9 Å². The number of hydrogen-bond acceptors (Lipinski definition) is 4. The summed E-state index contributed by atoms with van der Waals surface area (Å²) in [6.45, 7) is 7.75. The van der Waals surface area contributed by atoms with E-state index in [9.17, 15) is 18.0 Å². The van der Waals surface area contributed by atoms with E-state index in [0.29, 0.717) is 35.7 Å². The topological polar surface area (TPSA) is 86.8 Å². The standard InChI is InChI=1S/C26H36ClN3O4S/c1-19(2)28-26(32)21(4)29(18-16-22-11-7-6-8-12-22)25(31)15-10-17-30(35(5,33)34)24-14-9-13-23(27)20(24)3/h6-9,11-14,19,21H,10,15-18H2,1-5H3,(H,28,32)/t21-/m0/s1. The van der Waals surface area contributed by atoms with Gasteiger partial charge in [0.15, 0.2) is 0 Å². The molecule has 0 unspecified atom stereocenters. The second-order valence-electron chi connectivity index (χ2n) is 8.98. The quantitative estimate of drug-likeness (QED) is 0.454. The van der Waals surface area contributed by atoms with Gasteiger partial charge in [-0.25, -0.2) is 8.42 Å². The third kappa shape index (κ3) is 8.54. The number of carbonyl (C=O) groups excluding carboxylic acids is 2. The van der Waals surface area contributed by atoms with E-state index in [0.717, 1.165) is 11.8 Å². The Morgan fingerprint density at radius 2 is 1.66 bits per heavy atom. The maximum Gasteiger partial charge on any atom is 0.242 e. The molecular weight excluding hydrogens is 486 g/mol. The van der Waals surface area contributed by atoms with Crippen LogP contribution >= 0.6 is 11.6 Å². The van der Waals surface area contributed by atoms with Gasteiger partial charge >= 0.3 is 0 Å². The highest BCUT2D eigenvalue weighted by Crippen LogP contribution is 2.28.